The van der Waals surface area contributed by atoms with E-state index in [1.807, 2.05) is 10.9 Å². The molecular formula is C20H19F2N5O. The Bertz CT molecular complexity index is 1010. The van der Waals surface area contributed by atoms with Crippen molar-refractivity contribution in [3.63, 3.8) is 0 Å². The summed E-state index contributed by atoms with van der Waals surface area (Å²) < 4.78 is 36.0. The van der Waals surface area contributed by atoms with Gasteiger partial charge in [-0.15, -0.1) is 0 Å². The summed E-state index contributed by atoms with van der Waals surface area (Å²) in [7, 11) is 0. The molecule has 2 aromatic heterocycles. The Balaban J connectivity index is 1.36. The molecule has 0 unspecified atom stereocenters. The number of nitrogens with zero attached hydrogens (tertiary/aromatic N) is 4. The van der Waals surface area contributed by atoms with Crippen molar-refractivity contribution in [2.45, 2.75) is 31.7 Å². The van der Waals surface area contributed by atoms with Gasteiger partial charge in [0.2, 0.25) is 5.95 Å². The van der Waals surface area contributed by atoms with Gasteiger partial charge in [-0.2, -0.15) is 5.10 Å². The van der Waals surface area contributed by atoms with Crippen molar-refractivity contribution in [2.75, 3.05) is 11.9 Å². The molecule has 5 rings (SSSR count). The second kappa shape index (κ2) is 6.85. The molecule has 0 radical (unpaired) electrons. The fourth-order valence-electron chi connectivity index (χ4n) is 2.96. The maximum atomic E-state index is 14.4. The summed E-state index contributed by atoms with van der Waals surface area (Å²) in [4.78, 5) is 8.19. The standard InChI is InChI=1S/C20H19F2N5O/c21-16-7-13(3-6-18(16)28-11-12-1-2-12)19-17(22)9-23-20(26-19)25-14-8-24-27(10-14)15-4-5-15/h3,6-10,12,15H,1-2,4-5,11H2,(H,23,25,26). The molecule has 0 atom stereocenters. The zero-order chi connectivity index (χ0) is 19.1. The monoisotopic (exact) mass is 383 g/mol. The van der Waals surface area contributed by atoms with E-state index in [4.69, 9.17) is 4.74 Å². The van der Waals surface area contributed by atoms with Crippen molar-refractivity contribution in [3.05, 3.63) is 48.4 Å². The summed E-state index contributed by atoms with van der Waals surface area (Å²) in [5.41, 5.74) is 1.08. The van der Waals surface area contributed by atoms with E-state index in [0.29, 0.717) is 24.1 Å². The molecule has 2 saturated carbocycles. The number of aromatic nitrogens is 4. The number of rotatable bonds is 7. The highest BCUT2D eigenvalue weighted by Crippen LogP contribution is 2.35. The van der Waals surface area contributed by atoms with Gasteiger partial charge in [0.25, 0.3) is 0 Å². The lowest BCUT2D eigenvalue weighted by atomic mass is 10.1. The van der Waals surface area contributed by atoms with Crippen LogP contribution in [0.15, 0.2) is 36.8 Å². The highest BCUT2D eigenvalue weighted by molar-refractivity contribution is 5.63. The van der Waals surface area contributed by atoms with Gasteiger partial charge in [-0.1, -0.05) is 0 Å². The highest BCUT2D eigenvalue weighted by Gasteiger charge is 2.24. The van der Waals surface area contributed by atoms with Crippen LogP contribution in [0, 0.1) is 17.6 Å². The first-order valence-corrected chi connectivity index (χ1v) is 9.42. The van der Waals surface area contributed by atoms with Crippen molar-refractivity contribution < 1.29 is 13.5 Å². The second-order valence-electron chi connectivity index (χ2n) is 7.35. The van der Waals surface area contributed by atoms with E-state index in [2.05, 4.69) is 20.4 Å². The quantitative estimate of drug-likeness (QED) is 0.651. The third-order valence-electron chi connectivity index (χ3n) is 4.90. The van der Waals surface area contributed by atoms with Crippen LogP contribution in [0.1, 0.15) is 31.7 Å². The molecule has 8 heteroatoms. The van der Waals surface area contributed by atoms with Crippen LogP contribution in [0.5, 0.6) is 5.75 Å². The minimum Gasteiger partial charge on any atom is -0.490 e. The largest absolute Gasteiger partial charge is 0.490 e. The fraction of sp³-hybridized carbons (Fsp3) is 0.350. The van der Waals surface area contributed by atoms with Crippen LogP contribution < -0.4 is 10.1 Å². The molecule has 0 bridgehead atoms. The Morgan fingerprint density at radius 1 is 1.11 bits per heavy atom. The number of hydrogen-bond donors (Lipinski definition) is 1. The Hall–Kier alpha value is -3.03. The molecule has 2 aliphatic carbocycles. The van der Waals surface area contributed by atoms with E-state index in [-0.39, 0.29) is 17.4 Å². The first kappa shape index (κ1) is 17.1. The van der Waals surface area contributed by atoms with E-state index in [1.165, 1.54) is 12.1 Å². The van der Waals surface area contributed by atoms with Gasteiger partial charge in [0, 0.05) is 11.8 Å². The SMILES string of the molecule is Fc1cc(-c2nc(Nc3cnn(C4CC4)c3)ncc2F)ccc1OCC1CC1. The van der Waals surface area contributed by atoms with Crippen LogP contribution in [-0.4, -0.2) is 26.4 Å². The zero-order valence-corrected chi connectivity index (χ0v) is 15.1. The topological polar surface area (TPSA) is 64.9 Å². The Labute approximate surface area is 160 Å². The molecule has 1 N–H and O–H groups in total. The molecule has 0 amide bonds. The minimum absolute atomic E-state index is 0.0275. The van der Waals surface area contributed by atoms with Gasteiger partial charge in [-0.25, -0.2) is 18.7 Å². The van der Waals surface area contributed by atoms with E-state index in [0.717, 1.165) is 37.6 Å². The zero-order valence-electron chi connectivity index (χ0n) is 15.1. The summed E-state index contributed by atoms with van der Waals surface area (Å²) in [5.74, 6) is -0.227. The maximum Gasteiger partial charge on any atom is 0.228 e. The van der Waals surface area contributed by atoms with Crippen molar-refractivity contribution in [3.8, 4) is 17.0 Å². The van der Waals surface area contributed by atoms with E-state index >= 15 is 0 Å². The van der Waals surface area contributed by atoms with Crippen molar-refractivity contribution in [1.82, 2.24) is 19.7 Å². The van der Waals surface area contributed by atoms with Crippen molar-refractivity contribution in [1.29, 1.82) is 0 Å². The number of ether oxygens (including phenoxy) is 1. The van der Waals surface area contributed by atoms with Crippen LogP contribution in [0.3, 0.4) is 0 Å². The van der Waals surface area contributed by atoms with Crippen LogP contribution in [-0.2, 0) is 0 Å². The van der Waals surface area contributed by atoms with Gasteiger partial charge >= 0.3 is 0 Å². The van der Waals surface area contributed by atoms with Gasteiger partial charge in [0.15, 0.2) is 17.4 Å². The second-order valence-corrected chi connectivity index (χ2v) is 7.35. The smallest absolute Gasteiger partial charge is 0.228 e. The lowest BCUT2D eigenvalue weighted by molar-refractivity contribution is 0.285. The highest BCUT2D eigenvalue weighted by atomic mass is 19.1. The third kappa shape index (κ3) is 3.67. The van der Waals surface area contributed by atoms with Crippen molar-refractivity contribution in [2.24, 2.45) is 5.92 Å². The molecule has 2 heterocycles. The molecular weight excluding hydrogens is 364 g/mol. The van der Waals surface area contributed by atoms with Crippen LogP contribution >= 0.6 is 0 Å². The normalized spacial score (nSPS) is 16.2. The Morgan fingerprint density at radius 3 is 2.71 bits per heavy atom. The predicted octanol–water partition coefficient (Wildman–Crippen LogP) is 4.49. The first-order chi connectivity index (χ1) is 13.7. The number of halogens is 2. The summed E-state index contributed by atoms with van der Waals surface area (Å²) in [6, 6.07) is 4.82. The Morgan fingerprint density at radius 2 is 1.96 bits per heavy atom. The fourth-order valence-corrected chi connectivity index (χ4v) is 2.96. The lowest BCUT2D eigenvalue weighted by Crippen LogP contribution is -2.02. The van der Waals surface area contributed by atoms with Gasteiger partial charge in [0.05, 0.1) is 30.7 Å². The van der Waals surface area contributed by atoms with Crippen LogP contribution in [0.2, 0.25) is 0 Å². The van der Waals surface area contributed by atoms with E-state index < -0.39 is 11.6 Å². The average Bonchev–Trinajstić information content (AvgIpc) is 3.62. The van der Waals surface area contributed by atoms with E-state index in [9.17, 15) is 8.78 Å². The predicted molar refractivity (Wildman–Crippen MR) is 99.4 cm³/mol. The number of anilines is 2. The molecule has 1 aromatic carbocycles. The third-order valence-corrected chi connectivity index (χ3v) is 4.90. The molecule has 2 aliphatic rings. The summed E-state index contributed by atoms with van der Waals surface area (Å²) in [6.07, 6.45) is 9.13. The number of nitrogens with one attached hydrogen (secondary N) is 1. The molecule has 28 heavy (non-hydrogen) atoms. The maximum absolute atomic E-state index is 14.4. The van der Waals surface area contributed by atoms with Gasteiger partial charge < -0.3 is 10.1 Å². The average molecular weight is 383 g/mol. The minimum atomic E-state index is -0.620. The van der Waals surface area contributed by atoms with Gasteiger partial charge in [0.1, 0.15) is 5.69 Å². The summed E-state index contributed by atoms with van der Waals surface area (Å²) in [5, 5.41) is 7.31. The van der Waals surface area contributed by atoms with Crippen LogP contribution in [0.4, 0.5) is 20.4 Å². The van der Waals surface area contributed by atoms with Gasteiger partial charge in [-0.3, -0.25) is 4.68 Å². The molecule has 144 valence electrons. The Kier molecular flexibility index (Phi) is 4.18. The molecule has 0 saturated heterocycles. The first-order valence-electron chi connectivity index (χ1n) is 9.42. The molecule has 3 aromatic rings. The van der Waals surface area contributed by atoms with Crippen molar-refractivity contribution >= 4 is 11.6 Å². The number of benzene rings is 1. The summed E-state index contributed by atoms with van der Waals surface area (Å²) in [6.45, 7) is 0.515. The number of hydrogen-bond acceptors (Lipinski definition) is 5. The van der Waals surface area contributed by atoms with Crippen LogP contribution in [0.25, 0.3) is 11.3 Å². The molecule has 6 nitrogen and oxygen atoms in total. The van der Waals surface area contributed by atoms with Gasteiger partial charge in [-0.05, 0) is 49.8 Å². The molecule has 0 aliphatic heterocycles. The molecule has 0 spiro atoms. The summed E-state index contributed by atoms with van der Waals surface area (Å²) >= 11 is 0. The molecule has 2 fully saturated rings. The lowest BCUT2D eigenvalue weighted by Gasteiger charge is -2.09. The van der Waals surface area contributed by atoms with E-state index in [1.54, 1.807) is 12.3 Å².